The number of rotatable bonds is 6. The second kappa shape index (κ2) is 8.38. The molecule has 0 fully saturated rings. The summed E-state index contributed by atoms with van der Waals surface area (Å²) in [7, 11) is 0. The lowest BCUT2D eigenvalue weighted by Gasteiger charge is -2.08. The smallest absolute Gasteiger partial charge is 0.344 e. The van der Waals surface area contributed by atoms with E-state index in [1.807, 2.05) is 24.3 Å². The Labute approximate surface area is 141 Å². The summed E-state index contributed by atoms with van der Waals surface area (Å²) >= 11 is 2.11. The molecule has 114 valence electrons. The fourth-order valence-electron chi connectivity index (χ4n) is 1.60. The highest BCUT2D eigenvalue weighted by molar-refractivity contribution is 14.1. The van der Waals surface area contributed by atoms with Crippen LogP contribution in [0, 0.1) is 3.57 Å². The summed E-state index contributed by atoms with van der Waals surface area (Å²) in [6, 6.07) is 16.3. The highest BCUT2D eigenvalue weighted by Gasteiger charge is 2.09. The average molecular weight is 411 g/mol. The minimum atomic E-state index is -0.596. The van der Waals surface area contributed by atoms with Crippen molar-refractivity contribution in [1.29, 1.82) is 0 Å². The van der Waals surface area contributed by atoms with Crippen molar-refractivity contribution >= 4 is 40.2 Å². The Hall–Kier alpha value is -2.09. The molecule has 0 aromatic heterocycles. The number of ether oxygens (including phenoxy) is 2. The first-order valence-electron chi connectivity index (χ1n) is 6.53. The molecule has 0 heterocycles. The Morgan fingerprint density at radius 1 is 0.955 bits per heavy atom. The zero-order valence-corrected chi connectivity index (χ0v) is 13.8. The molecule has 0 unspecified atom stereocenters. The number of carbonyl (C=O) groups is 2. The quantitative estimate of drug-likeness (QED) is 0.587. The molecule has 0 aliphatic carbocycles. The van der Waals surface area contributed by atoms with Crippen molar-refractivity contribution in [3.63, 3.8) is 0 Å². The topological polar surface area (TPSA) is 64.6 Å². The van der Waals surface area contributed by atoms with Crippen LogP contribution in [-0.4, -0.2) is 25.1 Å². The third kappa shape index (κ3) is 5.36. The summed E-state index contributed by atoms with van der Waals surface area (Å²) in [5, 5.41) is 2.67. The molecule has 1 amide bonds. The second-order valence-electron chi connectivity index (χ2n) is 4.29. The van der Waals surface area contributed by atoms with Crippen LogP contribution in [0.2, 0.25) is 0 Å². The van der Waals surface area contributed by atoms with Gasteiger partial charge in [0, 0.05) is 3.57 Å². The number of hydrogen-bond donors (Lipinski definition) is 1. The van der Waals surface area contributed by atoms with Crippen LogP contribution in [0.25, 0.3) is 0 Å². The van der Waals surface area contributed by atoms with E-state index in [4.69, 9.17) is 9.47 Å². The number of esters is 1. The second-order valence-corrected chi connectivity index (χ2v) is 5.45. The molecule has 0 saturated heterocycles. The summed E-state index contributed by atoms with van der Waals surface area (Å²) in [6.45, 7) is -0.581. The van der Waals surface area contributed by atoms with Gasteiger partial charge in [-0.3, -0.25) is 4.79 Å². The van der Waals surface area contributed by atoms with E-state index in [1.165, 1.54) is 0 Å². The van der Waals surface area contributed by atoms with Crippen LogP contribution in [0.15, 0.2) is 54.6 Å². The van der Waals surface area contributed by atoms with E-state index >= 15 is 0 Å². The molecule has 1 N–H and O–H groups in total. The van der Waals surface area contributed by atoms with Crippen LogP contribution < -0.4 is 10.1 Å². The number of carbonyl (C=O) groups excluding carboxylic acids is 2. The van der Waals surface area contributed by atoms with Gasteiger partial charge in [-0.15, -0.1) is 0 Å². The fourth-order valence-corrected chi connectivity index (χ4v) is 2.12. The van der Waals surface area contributed by atoms with Crippen LogP contribution in [0.4, 0.5) is 5.69 Å². The van der Waals surface area contributed by atoms with Gasteiger partial charge in [0.05, 0.1) is 5.69 Å². The van der Waals surface area contributed by atoms with Crippen LogP contribution in [0.3, 0.4) is 0 Å². The zero-order valence-electron chi connectivity index (χ0n) is 11.6. The average Bonchev–Trinajstić information content (AvgIpc) is 2.54. The minimum absolute atomic E-state index is 0.236. The highest BCUT2D eigenvalue weighted by Crippen LogP contribution is 2.16. The molecule has 6 heteroatoms. The normalized spacial score (nSPS) is 9.86. The van der Waals surface area contributed by atoms with Gasteiger partial charge in [-0.25, -0.2) is 4.79 Å². The third-order valence-electron chi connectivity index (χ3n) is 2.61. The Balaban J connectivity index is 1.72. The summed E-state index contributed by atoms with van der Waals surface area (Å²) < 4.78 is 11.0. The van der Waals surface area contributed by atoms with Crippen molar-refractivity contribution in [2.45, 2.75) is 0 Å². The predicted molar refractivity (Wildman–Crippen MR) is 90.7 cm³/mol. The number of amides is 1. The van der Waals surface area contributed by atoms with Crippen LogP contribution >= 0.6 is 22.6 Å². The molecule has 2 aromatic carbocycles. The lowest BCUT2D eigenvalue weighted by molar-refractivity contribution is -0.149. The predicted octanol–water partition coefficient (Wildman–Crippen LogP) is 2.85. The summed E-state index contributed by atoms with van der Waals surface area (Å²) in [5.41, 5.74) is 0.685. The van der Waals surface area contributed by atoms with Gasteiger partial charge in [0.15, 0.2) is 13.2 Å². The number of hydrogen-bond acceptors (Lipinski definition) is 4. The SMILES string of the molecule is O=C(COC(=O)COc1ccccc1)Nc1ccccc1I. The Morgan fingerprint density at radius 3 is 2.36 bits per heavy atom. The molecule has 0 bridgehead atoms. The Kier molecular flexibility index (Phi) is 6.20. The number of anilines is 1. The molecule has 2 rings (SSSR count). The molecular formula is C16H14INO4. The van der Waals surface area contributed by atoms with Gasteiger partial charge in [0.2, 0.25) is 0 Å². The Bertz CT molecular complexity index is 646. The summed E-state index contributed by atoms with van der Waals surface area (Å²) in [5.74, 6) is -0.415. The first-order chi connectivity index (χ1) is 10.6. The maximum absolute atomic E-state index is 11.7. The van der Waals surface area contributed by atoms with Crippen molar-refractivity contribution in [2.24, 2.45) is 0 Å². The number of nitrogens with one attached hydrogen (secondary N) is 1. The van der Waals surface area contributed by atoms with Gasteiger partial charge in [-0.2, -0.15) is 0 Å². The van der Waals surface area contributed by atoms with Crippen LogP contribution in [-0.2, 0) is 14.3 Å². The Morgan fingerprint density at radius 2 is 1.64 bits per heavy atom. The summed E-state index contributed by atoms with van der Waals surface area (Å²) in [6.07, 6.45) is 0. The molecule has 0 spiro atoms. The molecule has 5 nitrogen and oxygen atoms in total. The van der Waals surface area contributed by atoms with Crippen molar-refractivity contribution in [2.75, 3.05) is 18.5 Å². The van der Waals surface area contributed by atoms with E-state index in [0.29, 0.717) is 11.4 Å². The molecule has 2 aromatic rings. The minimum Gasteiger partial charge on any atom is -0.482 e. The van der Waals surface area contributed by atoms with E-state index < -0.39 is 11.9 Å². The van der Waals surface area contributed by atoms with Crippen LogP contribution in [0.1, 0.15) is 0 Å². The zero-order chi connectivity index (χ0) is 15.8. The largest absolute Gasteiger partial charge is 0.482 e. The van der Waals surface area contributed by atoms with Crippen molar-refractivity contribution < 1.29 is 19.1 Å². The molecule has 0 saturated carbocycles. The van der Waals surface area contributed by atoms with E-state index in [0.717, 1.165) is 3.57 Å². The maximum atomic E-state index is 11.7. The fraction of sp³-hybridized carbons (Fsp3) is 0.125. The van der Waals surface area contributed by atoms with Gasteiger partial charge in [0.1, 0.15) is 5.75 Å². The first kappa shape index (κ1) is 16.3. The van der Waals surface area contributed by atoms with E-state index in [1.54, 1.807) is 30.3 Å². The number of benzene rings is 2. The van der Waals surface area contributed by atoms with Crippen molar-refractivity contribution in [3.8, 4) is 5.75 Å². The molecule has 0 radical (unpaired) electrons. The summed E-state index contributed by atoms with van der Waals surface area (Å²) in [4.78, 5) is 23.2. The third-order valence-corrected chi connectivity index (χ3v) is 3.55. The van der Waals surface area contributed by atoms with Gasteiger partial charge >= 0.3 is 5.97 Å². The van der Waals surface area contributed by atoms with Gasteiger partial charge in [-0.05, 0) is 46.9 Å². The van der Waals surface area contributed by atoms with Crippen molar-refractivity contribution in [3.05, 3.63) is 58.2 Å². The van der Waals surface area contributed by atoms with Crippen LogP contribution in [0.5, 0.6) is 5.75 Å². The standard InChI is InChI=1S/C16H14INO4/c17-13-8-4-5-9-14(13)18-15(19)10-22-16(20)11-21-12-6-2-1-3-7-12/h1-9H,10-11H2,(H,18,19). The first-order valence-corrected chi connectivity index (χ1v) is 7.61. The monoisotopic (exact) mass is 411 g/mol. The molecular weight excluding hydrogens is 397 g/mol. The molecule has 0 atom stereocenters. The lowest BCUT2D eigenvalue weighted by Crippen LogP contribution is -2.23. The van der Waals surface area contributed by atoms with Gasteiger partial charge in [0.25, 0.3) is 5.91 Å². The lowest BCUT2D eigenvalue weighted by atomic mass is 10.3. The van der Waals surface area contributed by atoms with E-state index in [2.05, 4.69) is 27.9 Å². The van der Waals surface area contributed by atoms with Gasteiger partial charge in [-0.1, -0.05) is 30.3 Å². The highest BCUT2D eigenvalue weighted by atomic mass is 127. The van der Waals surface area contributed by atoms with Gasteiger partial charge < -0.3 is 14.8 Å². The molecule has 0 aliphatic rings. The van der Waals surface area contributed by atoms with Crippen molar-refractivity contribution in [1.82, 2.24) is 0 Å². The maximum Gasteiger partial charge on any atom is 0.344 e. The molecule has 0 aliphatic heterocycles. The number of para-hydroxylation sites is 2. The van der Waals surface area contributed by atoms with E-state index in [9.17, 15) is 9.59 Å². The molecule has 22 heavy (non-hydrogen) atoms. The van der Waals surface area contributed by atoms with E-state index in [-0.39, 0.29) is 13.2 Å². The number of halogens is 1.